The molecular formula is C8H11AuO2. The molecule has 2 aliphatic rings. The first-order valence-electron chi connectivity index (χ1n) is 3.86. The van der Waals surface area contributed by atoms with Gasteiger partial charge in [0.05, 0.1) is 0 Å². The zero-order chi connectivity index (χ0) is 7.14. The van der Waals surface area contributed by atoms with E-state index in [4.69, 9.17) is 5.11 Å². The number of carboxylic acid groups (broad SMARTS) is 1. The number of carbonyl (C=O) groups is 1. The maximum Gasteiger partial charge on any atom is 1.00 e. The fourth-order valence-electron chi connectivity index (χ4n) is 2.32. The average Bonchev–Trinajstić information content (AvgIpc) is 2.44. The first-order chi connectivity index (χ1) is 4.77. The summed E-state index contributed by atoms with van der Waals surface area (Å²) in [7, 11) is 0. The van der Waals surface area contributed by atoms with E-state index in [0.29, 0.717) is 5.92 Å². The average molecular weight is 336 g/mol. The largest absolute Gasteiger partial charge is 1.00 e. The molecule has 0 aromatic carbocycles. The smallest absolute Gasteiger partial charge is 0.503 e. The molecule has 1 N–H and O–H groups in total. The fraction of sp³-hybridized carbons (Fsp3) is 0.750. The molecule has 2 unspecified atom stereocenters. The first-order valence-corrected chi connectivity index (χ1v) is 3.86. The van der Waals surface area contributed by atoms with Crippen molar-refractivity contribution in [2.45, 2.75) is 25.7 Å². The van der Waals surface area contributed by atoms with Gasteiger partial charge in [-0.3, -0.25) is 10.7 Å². The molecule has 0 heterocycles. The number of carboxylic acids is 1. The molecule has 2 aliphatic carbocycles. The predicted octanol–water partition coefficient (Wildman–Crippen LogP) is 1.46. The molecule has 66 valence electrons. The van der Waals surface area contributed by atoms with Gasteiger partial charge in [0.15, 0.2) is 5.97 Å². The Hall–Kier alpha value is 0.0803. The van der Waals surface area contributed by atoms with E-state index in [2.05, 4.69) is 0 Å². The minimum absolute atomic E-state index is 0. The minimum Gasteiger partial charge on any atom is -0.503 e. The van der Waals surface area contributed by atoms with Crippen molar-refractivity contribution < 1.29 is 32.3 Å². The molecule has 11 heavy (non-hydrogen) atoms. The summed E-state index contributed by atoms with van der Waals surface area (Å²) in [6.45, 7) is 0. The van der Waals surface area contributed by atoms with Crippen LogP contribution in [0.15, 0.2) is 0 Å². The van der Waals surface area contributed by atoms with Crippen LogP contribution in [0.25, 0.3) is 0 Å². The molecule has 2 nitrogen and oxygen atoms in total. The van der Waals surface area contributed by atoms with E-state index in [1.807, 2.05) is 0 Å². The Morgan fingerprint density at radius 2 is 2.18 bits per heavy atom. The summed E-state index contributed by atoms with van der Waals surface area (Å²) in [4.78, 5) is 10.6. The van der Waals surface area contributed by atoms with Crippen molar-refractivity contribution in [3.63, 3.8) is 0 Å². The van der Waals surface area contributed by atoms with Crippen molar-refractivity contribution in [2.24, 2.45) is 11.8 Å². The van der Waals surface area contributed by atoms with Crippen LogP contribution in [0.1, 0.15) is 25.7 Å². The normalized spacial score (nSPS) is 33.6. The van der Waals surface area contributed by atoms with Gasteiger partial charge in [-0.15, -0.1) is 5.92 Å². The molecule has 2 fully saturated rings. The maximum atomic E-state index is 10.6. The molecule has 0 saturated heterocycles. The molecule has 0 aliphatic heterocycles. The quantitative estimate of drug-likeness (QED) is 0.582. The minimum atomic E-state index is -0.646. The van der Waals surface area contributed by atoms with Gasteiger partial charge in [0.1, 0.15) is 0 Å². The van der Waals surface area contributed by atoms with Crippen LogP contribution in [0.2, 0.25) is 0 Å². The predicted molar refractivity (Wildman–Crippen MR) is 36.3 cm³/mol. The van der Waals surface area contributed by atoms with E-state index in [9.17, 15) is 4.79 Å². The molecule has 2 atom stereocenters. The zero-order valence-electron chi connectivity index (χ0n) is 6.14. The van der Waals surface area contributed by atoms with E-state index < -0.39 is 5.97 Å². The van der Waals surface area contributed by atoms with Gasteiger partial charge in [0.25, 0.3) is 0 Å². The van der Waals surface area contributed by atoms with Crippen LogP contribution in [-0.4, -0.2) is 11.1 Å². The number of fused-ring (bicyclic) bond motifs is 2. The van der Waals surface area contributed by atoms with Crippen molar-refractivity contribution in [2.75, 3.05) is 0 Å². The van der Waals surface area contributed by atoms with Gasteiger partial charge in [-0.05, 0) is 0 Å². The summed E-state index contributed by atoms with van der Waals surface area (Å²) < 4.78 is 0. The van der Waals surface area contributed by atoms with E-state index in [0.717, 1.165) is 31.1 Å². The standard InChI is InChI=1S/C8H11O2.Au/c9-8(10)7-4-5-1-2-6(7)3-5;/h5-6H,1-4H2,(H,9,10);/q-1;+1. The summed E-state index contributed by atoms with van der Waals surface area (Å²) in [6, 6.07) is 0. The van der Waals surface area contributed by atoms with Gasteiger partial charge in [-0.25, -0.2) is 0 Å². The van der Waals surface area contributed by atoms with Crippen LogP contribution in [0.4, 0.5) is 0 Å². The van der Waals surface area contributed by atoms with Crippen molar-refractivity contribution in [1.29, 1.82) is 0 Å². The zero-order valence-corrected chi connectivity index (χ0v) is 8.31. The fourth-order valence-corrected chi connectivity index (χ4v) is 2.32. The van der Waals surface area contributed by atoms with E-state index in [-0.39, 0.29) is 22.4 Å². The molecule has 0 aromatic heterocycles. The van der Waals surface area contributed by atoms with Gasteiger partial charge in [0.2, 0.25) is 0 Å². The third-order valence-corrected chi connectivity index (χ3v) is 2.82. The van der Waals surface area contributed by atoms with Gasteiger partial charge in [0, 0.05) is 0 Å². The van der Waals surface area contributed by atoms with Gasteiger partial charge in [-0.1, -0.05) is 25.2 Å². The van der Waals surface area contributed by atoms with Crippen LogP contribution in [0.3, 0.4) is 0 Å². The Balaban J connectivity index is 0.000000605. The monoisotopic (exact) mass is 336 g/mol. The SMILES string of the molecule is O=C(O)[C-]1CC2CCC1C2.[Au+]. The third kappa shape index (κ3) is 1.48. The molecule has 2 bridgehead atoms. The van der Waals surface area contributed by atoms with Crippen molar-refractivity contribution in [3.8, 4) is 0 Å². The number of hydrogen-bond donors (Lipinski definition) is 1. The molecule has 0 amide bonds. The number of aliphatic carboxylic acids is 1. The van der Waals surface area contributed by atoms with Crippen LogP contribution in [0.5, 0.6) is 0 Å². The molecule has 0 spiro atoms. The van der Waals surface area contributed by atoms with Crippen molar-refractivity contribution >= 4 is 5.97 Å². The Kier molecular flexibility index (Phi) is 2.68. The van der Waals surface area contributed by atoms with Crippen LogP contribution >= 0.6 is 0 Å². The molecule has 3 heteroatoms. The van der Waals surface area contributed by atoms with Gasteiger partial charge < -0.3 is 5.11 Å². The van der Waals surface area contributed by atoms with Crippen molar-refractivity contribution in [3.05, 3.63) is 5.92 Å². The summed E-state index contributed by atoms with van der Waals surface area (Å²) in [5.74, 6) is 1.32. The van der Waals surface area contributed by atoms with Crippen LogP contribution in [-0.2, 0) is 27.2 Å². The van der Waals surface area contributed by atoms with E-state index in [1.165, 1.54) is 6.42 Å². The van der Waals surface area contributed by atoms with Gasteiger partial charge in [-0.2, -0.15) is 6.42 Å². The summed E-state index contributed by atoms with van der Waals surface area (Å²) >= 11 is 0. The molecule has 0 aromatic rings. The second kappa shape index (κ2) is 3.21. The van der Waals surface area contributed by atoms with Gasteiger partial charge >= 0.3 is 22.4 Å². The summed E-state index contributed by atoms with van der Waals surface area (Å²) in [5.41, 5.74) is 0. The molecule has 0 radical (unpaired) electrons. The van der Waals surface area contributed by atoms with Crippen molar-refractivity contribution in [1.82, 2.24) is 0 Å². The summed E-state index contributed by atoms with van der Waals surface area (Å²) in [5, 5.41) is 8.70. The third-order valence-electron chi connectivity index (χ3n) is 2.82. The number of hydrogen-bond acceptors (Lipinski definition) is 1. The molecule has 2 rings (SSSR count). The van der Waals surface area contributed by atoms with Crippen LogP contribution in [0, 0.1) is 17.8 Å². The maximum absolute atomic E-state index is 10.6. The Labute approximate surface area is 81.9 Å². The van der Waals surface area contributed by atoms with Crippen LogP contribution < -0.4 is 0 Å². The Morgan fingerprint density at radius 3 is 2.45 bits per heavy atom. The summed E-state index contributed by atoms with van der Waals surface area (Å²) in [6.07, 6.45) is 4.43. The van der Waals surface area contributed by atoms with E-state index >= 15 is 0 Å². The second-order valence-corrected chi connectivity index (χ2v) is 3.41. The van der Waals surface area contributed by atoms with E-state index in [1.54, 1.807) is 0 Å². The Bertz CT molecular complexity index is 169. The molecule has 2 saturated carbocycles. The molecular weight excluding hydrogens is 325 g/mol. The first kappa shape index (κ1) is 9.17. The topological polar surface area (TPSA) is 37.3 Å². The Morgan fingerprint density at radius 1 is 1.45 bits per heavy atom. The number of rotatable bonds is 1. The second-order valence-electron chi connectivity index (χ2n) is 3.41.